The van der Waals surface area contributed by atoms with E-state index in [1.165, 1.54) is 51.5 Å². The van der Waals surface area contributed by atoms with Crippen LogP contribution in [0.2, 0.25) is 0 Å². The molecule has 0 bridgehead atoms. The number of piperidine rings is 1. The van der Waals surface area contributed by atoms with Crippen LogP contribution in [-0.2, 0) is 0 Å². The Morgan fingerprint density at radius 1 is 1.29 bits per heavy atom. The molecule has 3 atom stereocenters. The number of unbranched alkanes of at least 4 members (excludes halogenated alkanes) is 1. The summed E-state index contributed by atoms with van der Waals surface area (Å²) < 4.78 is 0. The molecule has 0 radical (unpaired) electrons. The van der Waals surface area contributed by atoms with Crippen LogP contribution in [0.3, 0.4) is 0 Å². The highest BCUT2D eigenvalue weighted by Crippen LogP contribution is 2.36. The van der Waals surface area contributed by atoms with Gasteiger partial charge in [-0.05, 0) is 57.4 Å². The molecule has 17 heavy (non-hydrogen) atoms. The van der Waals surface area contributed by atoms with E-state index in [0.717, 1.165) is 18.0 Å². The molecule has 2 rings (SSSR count). The molecule has 2 heterocycles. The zero-order chi connectivity index (χ0) is 12.1. The summed E-state index contributed by atoms with van der Waals surface area (Å²) in [5.74, 6) is 0.939. The molecule has 0 unspecified atom stereocenters. The van der Waals surface area contributed by atoms with Gasteiger partial charge in [-0.3, -0.25) is 4.90 Å². The lowest BCUT2D eigenvalue weighted by atomic mass is 9.85. The first-order chi connectivity index (χ1) is 8.33. The fourth-order valence-corrected chi connectivity index (χ4v) is 3.67. The summed E-state index contributed by atoms with van der Waals surface area (Å²) in [6, 6.07) is 1.80. The molecule has 96 valence electrons. The zero-order valence-corrected chi connectivity index (χ0v) is 11.3. The second-order valence-corrected chi connectivity index (χ2v) is 5.75. The van der Waals surface area contributed by atoms with Crippen LogP contribution in [-0.4, -0.2) is 23.5 Å². The van der Waals surface area contributed by atoms with Crippen molar-refractivity contribution < 1.29 is 0 Å². The van der Waals surface area contributed by atoms with Crippen molar-refractivity contribution in [3.8, 4) is 0 Å². The molecule has 0 aromatic heterocycles. The Bertz CT molecular complexity index is 269. The fraction of sp³-hybridized carbons (Fsp3) is 0.750. The monoisotopic (exact) mass is 233 g/mol. The van der Waals surface area contributed by atoms with Gasteiger partial charge in [0.2, 0.25) is 0 Å². The van der Waals surface area contributed by atoms with Crippen molar-refractivity contribution in [3.05, 3.63) is 24.8 Å². The largest absolute Gasteiger partial charge is 0.297 e. The van der Waals surface area contributed by atoms with Crippen LogP contribution in [0.5, 0.6) is 0 Å². The third-order valence-electron chi connectivity index (χ3n) is 4.60. The quantitative estimate of drug-likeness (QED) is 0.509. The number of rotatable bonds is 5. The molecule has 2 aliphatic rings. The van der Waals surface area contributed by atoms with Crippen LogP contribution in [0.4, 0.5) is 0 Å². The van der Waals surface area contributed by atoms with Crippen molar-refractivity contribution in [2.75, 3.05) is 6.54 Å². The number of hydrogen-bond donors (Lipinski definition) is 0. The molecule has 0 aromatic carbocycles. The van der Waals surface area contributed by atoms with Gasteiger partial charge in [-0.15, -0.1) is 0 Å². The number of hydrogen-bond acceptors (Lipinski definition) is 1. The molecule has 0 spiro atoms. The third-order valence-corrected chi connectivity index (χ3v) is 4.60. The summed E-state index contributed by atoms with van der Waals surface area (Å²) in [6.45, 7) is 7.52. The van der Waals surface area contributed by atoms with Crippen LogP contribution >= 0.6 is 0 Å². The Morgan fingerprint density at radius 2 is 2.18 bits per heavy atom. The minimum atomic E-state index is 0.885. The van der Waals surface area contributed by atoms with E-state index in [1.54, 1.807) is 0 Å². The van der Waals surface area contributed by atoms with Crippen molar-refractivity contribution in [3.63, 3.8) is 0 Å². The lowest BCUT2D eigenvalue weighted by Gasteiger charge is -2.41. The first-order valence-electron chi connectivity index (χ1n) is 7.36. The molecule has 0 aromatic rings. The molecule has 2 aliphatic heterocycles. The summed E-state index contributed by atoms with van der Waals surface area (Å²) in [6.07, 6.45) is 15.9. The number of fused-ring (bicyclic) bond motifs is 1. The predicted molar refractivity (Wildman–Crippen MR) is 75.1 cm³/mol. The standard InChI is InChI=1S/C16H27N/c1-3-4-5-6-7-9-15-12-11-14(2)16-10-8-13-17(15)16/h3-5,14-16H,1,6-13H2,2H3/b5-4+/t14-,15-,16+/m1/s1. The maximum absolute atomic E-state index is 3.70. The van der Waals surface area contributed by atoms with Gasteiger partial charge in [0.25, 0.3) is 0 Å². The minimum absolute atomic E-state index is 0.885. The van der Waals surface area contributed by atoms with Gasteiger partial charge in [0.15, 0.2) is 0 Å². The van der Waals surface area contributed by atoms with Gasteiger partial charge in [0.1, 0.15) is 0 Å². The normalized spacial score (nSPS) is 34.1. The van der Waals surface area contributed by atoms with E-state index in [2.05, 4.69) is 30.6 Å². The van der Waals surface area contributed by atoms with Crippen LogP contribution in [0.1, 0.15) is 51.9 Å². The van der Waals surface area contributed by atoms with E-state index >= 15 is 0 Å². The van der Waals surface area contributed by atoms with Gasteiger partial charge in [0, 0.05) is 12.1 Å². The Balaban J connectivity index is 1.76. The first-order valence-corrected chi connectivity index (χ1v) is 7.36. The Hall–Kier alpha value is -0.560. The van der Waals surface area contributed by atoms with Gasteiger partial charge in [0.05, 0.1) is 0 Å². The number of nitrogens with zero attached hydrogens (tertiary/aromatic N) is 1. The molecule has 0 aliphatic carbocycles. The lowest BCUT2D eigenvalue weighted by molar-refractivity contribution is 0.0756. The lowest BCUT2D eigenvalue weighted by Crippen LogP contribution is -2.46. The highest BCUT2D eigenvalue weighted by Gasteiger charge is 2.37. The van der Waals surface area contributed by atoms with Gasteiger partial charge < -0.3 is 0 Å². The van der Waals surface area contributed by atoms with Crippen molar-refractivity contribution >= 4 is 0 Å². The SMILES string of the molecule is C=C/C=C/CCC[C@@H]1CC[C@@H](C)[C@@H]2CCCN12. The summed E-state index contributed by atoms with van der Waals surface area (Å²) in [5.41, 5.74) is 0. The topological polar surface area (TPSA) is 3.24 Å². The van der Waals surface area contributed by atoms with E-state index in [1.807, 2.05) is 6.08 Å². The predicted octanol–water partition coefficient (Wildman–Crippen LogP) is 4.16. The second kappa shape index (κ2) is 6.39. The van der Waals surface area contributed by atoms with Crippen molar-refractivity contribution in [2.45, 2.75) is 64.0 Å². The van der Waals surface area contributed by atoms with Gasteiger partial charge in [-0.1, -0.05) is 31.7 Å². The molecular weight excluding hydrogens is 206 g/mol. The third kappa shape index (κ3) is 3.22. The smallest absolute Gasteiger partial charge is 0.0124 e. The molecule has 1 nitrogen and oxygen atoms in total. The van der Waals surface area contributed by atoms with Crippen LogP contribution in [0.15, 0.2) is 24.8 Å². The van der Waals surface area contributed by atoms with Crippen LogP contribution < -0.4 is 0 Å². The van der Waals surface area contributed by atoms with Gasteiger partial charge in [-0.25, -0.2) is 0 Å². The average molecular weight is 233 g/mol. The first kappa shape index (κ1) is 12.9. The molecule has 1 heteroatoms. The summed E-state index contributed by atoms with van der Waals surface area (Å²) in [7, 11) is 0. The summed E-state index contributed by atoms with van der Waals surface area (Å²) >= 11 is 0. The maximum atomic E-state index is 3.70. The summed E-state index contributed by atoms with van der Waals surface area (Å²) in [5, 5.41) is 0. The van der Waals surface area contributed by atoms with E-state index < -0.39 is 0 Å². The van der Waals surface area contributed by atoms with Crippen molar-refractivity contribution in [1.29, 1.82) is 0 Å². The molecular formula is C16H27N. The zero-order valence-electron chi connectivity index (χ0n) is 11.3. The average Bonchev–Trinajstić information content (AvgIpc) is 2.81. The summed E-state index contributed by atoms with van der Waals surface area (Å²) in [4.78, 5) is 2.82. The molecule has 0 N–H and O–H groups in total. The minimum Gasteiger partial charge on any atom is -0.297 e. The van der Waals surface area contributed by atoms with E-state index in [-0.39, 0.29) is 0 Å². The molecule has 2 saturated heterocycles. The van der Waals surface area contributed by atoms with Crippen LogP contribution in [0, 0.1) is 5.92 Å². The Labute approximate surface area is 107 Å². The highest BCUT2D eigenvalue weighted by atomic mass is 15.2. The van der Waals surface area contributed by atoms with Gasteiger partial charge in [-0.2, -0.15) is 0 Å². The number of allylic oxidation sites excluding steroid dienone is 3. The Kier molecular flexibility index (Phi) is 4.85. The van der Waals surface area contributed by atoms with E-state index in [0.29, 0.717) is 0 Å². The van der Waals surface area contributed by atoms with Crippen LogP contribution in [0.25, 0.3) is 0 Å². The van der Waals surface area contributed by atoms with E-state index in [4.69, 9.17) is 0 Å². The van der Waals surface area contributed by atoms with Crippen molar-refractivity contribution in [2.24, 2.45) is 5.92 Å². The maximum Gasteiger partial charge on any atom is 0.0124 e. The fourth-order valence-electron chi connectivity index (χ4n) is 3.67. The Morgan fingerprint density at radius 3 is 3.00 bits per heavy atom. The molecule has 0 saturated carbocycles. The van der Waals surface area contributed by atoms with E-state index in [9.17, 15) is 0 Å². The highest BCUT2D eigenvalue weighted by molar-refractivity contribution is 4.97. The molecule has 2 fully saturated rings. The second-order valence-electron chi connectivity index (χ2n) is 5.75. The van der Waals surface area contributed by atoms with Crippen molar-refractivity contribution in [1.82, 2.24) is 4.90 Å². The van der Waals surface area contributed by atoms with Gasteiger partial charge >= 0.3 is 0 Å². The molecule has 0 amide bonds.